The lowest BCUT2D eigenvalue weighted by atomic mass is 9.70. The van der Waals surface area contributed by atoms with E-state index >= 15 is 0 Å². The molecule has 2 aliphatic rings. The lowest BCUT2D eigenvalue weighted by molar-refractivity contribution is -0.152. The summed E-state index contributed by atoms with van der Waals surface area (Å²) in [5.74, 6) is 1.71. The van der Waals surface area contributed by atoms with Crippen LogP contribution in [-0.2, 0) is 14.3 Å². The summed E-state index contributed by atoms with van der Waals surface area (Å²) in [5, 5.41) is 0. The smallest absolute Gasteiger partial charge is 0.306 e. The molecule has 3 atom stereocenters. The minimum Gasteiger partial charge on any atom is -0.462 e. The van der Waals surface area contributed by atoms with E-state index in [0.717, 1.165) is 31.1 Å². The Hall–Kier alpha value is -0.570. The van der Waals surface area contributed by atoms with Crippen LogP contribution in [0, 0.1) is 11.8 Å². The van der Waals surface area contributed by atoms with Crippen LogP contribution < -0.4 is 0 Å². The van der Waals surface area contributed by atoms with Crippen molar-refractivity contribution in [1.29, 1.82) is 0 Å². The average Bonchev–Trinajstić information content (AvgIpc) is 2.39. The van der Waals surface area contributed by atoms with Gasteiger partial charge in [0.2, 0.25) is 0 Å². The lowest BCUT2D eigenvalue weighted by Gasteiger charge is -2.38. The molecular formula is C15H26O3. The van der Waals surface area contributed by atoms with Crippen molar-refractivity contribution in [3.8, 4) is 0 Å². The Morgan fingerprint density at radius 3 is 2.67 bits per heavy atom. The van der Waals surface area contributed by atoms with E-state index in [-0.39, 0.29) is 12.1 Å². The number of esters is 1. The zero-order chi connectivity index (χ0) is 12.8. The van der Waals surface area contributed by atoms with E-state index in [2.05, 4.69) is 0 Å². The van der Waals surface area contributed by atoms with E-state index in [0.29, 0.717) is 13.0 Å². The van der Waals surface area contributed by atoms with E-state index < -0.39 is 0 Å². The Bertz CT molecular complexity index is 264. The maximum absolute atomic E-state index is 11.7. The van der Waals surface area contributed by atoms with Gasteiger partial charge in [0.1, 0.15) is 6.10 Å². The number of hydrogen-bond donors (Lipinski definition) is 0. The molecule has 0 aromatic rings. The number of ether oxygens (including phenoxy) is 2. The van der Waals surface area contributed by atoms with Gasteiger partial charge in [0.15, 0.2) is 0 Å². The molecule has 104 valence electrons. The molecule has 3 heteroatoms. The molecule has 3 unspecified atom stereocenters. The summed E-state index contributed by atoms with van der Waals surface area (Å²) in [4.78, 5) is 11.7. The van der Waals surface area contributed by atoms with E-state index in [1.165, 1.54) is 32.1 Å². The summed E-state index contributed by atoms with van der Waals surface area (Å²) in [5.41, 5.74) is 0. The fourth-order valence-electron chi connectivity index (χ4n) is 3.54. The Balaban J connectivity index is 1.69. The Morgan fingerprint density at radius 2 is 1.89 bits per heavy atom. The van der Waals surface area contributed by atoms with Gasteiger partial charge in [-0.15, -0.1) is 0 Å². The van der Waals surface area contributed by atoms with Gasteiger partial charge in [0.05, 0.1) is 0 Å². The molecule has 2 rings (SSSR count). The minimum absolute atomic E-state index is 0.0358. The van der Waals surface area contributed by atoms with Crippen molar-refractivity contribution in [3.05, 3.63) is 0 Å². The molecular weight excluding hydrogens is 228 g/mol. The summed E-state index contributed by atoms with van der Waals surface area (Å²) in [6, 6.07) is 0. The second-order valence-corrected chi connectivity index (χ2v) is 5.83. The van der Waals surface area contributed by atoms with Crippen LogP contribution in [-0.4, -0.2) is 25.8 Å². The number of hydrogen-bond acceptors (Lipinski definition) is 3. The van der Waals surface area contributed by atoms with Gasteiger partial charge in [0.25, 0.3) is 0 Å². The zero-order valence-corrected chi connectivity index (χ0v) is 11.5. The van der Waals surface area contributed by atoms with E-state index in [1.807, 2.05) is 0 Å². The SMILES string of the molecule is COCCCC(=O)OC1CCC2CCCCC2C1. The van der Waals surface area contributed by atoms with Crippen LogP contribution >= 0.6 is 0 Å². The van der Waals surface area contributed by atoms with E-state index in [9.17, 15) is 4.79 Å². The molecule has 0 bridgehead atoms. The van der Waals surface area contributed by atoms with E-state index in [1.54, 1.807) is 7.11 Å². The second kappa shape index (κ2) is 7.13. The third-order valence-corrected chi connectivity index (χ3v) is 4.52. The third kappa shape index (κ3) is 3.98. The van der Waals surface area contributed by atoms with Crippen molar-refractivity contribution in [2.24, 2.45) is 11.8 Å². The molecule has 18 heavy (non-hydrogen) atoms. The van der Waals surface area contributed by atoms with Crippen LogP contribution in [0.4, 0.5) is 0 Å². The van der Waals surface area contributed by atoms with Crippen LogP contribution in [0.3, 0.4) is 0 Å². The summed E-state index contributed by atoms with van der Waals surface area (Å²) < 4.78 is 10.5. The minimum atomic E-state index is -0.0358. The van der Waals surface area contributed by atoms with E-state index in [4.69, 9.17) is 9.47 Å². The highest BCUT2D eigenvalue weighted by Crippen LogP contribution is 2.41. The first kappa shape index (κ1) is 13.9. The van der Waals surface area contributed by atoms with Crippen molar-refractivity contribution in [2.45, 2.75) is 63.9 Å². The largest absolute Gasteiger partial charge is 0.462 e. The van der Waals surface area contributed by atoms with Gasteiger partial charge in [-0.05, 0) is 37.5 Å². The fraction of sp³-hybridized carbons (Fsp3) is 0.933. The first-order valence-electron chi connectivity index (χ1n) is 7.48. The highest BCUT2D eigenvalue weighted by molar-refractivity contribution is 5.69. The van der Waals surface area contributed by atoms with Crippen molar-refractivity contribution in [3.63, 3.8) is 0 Å². The quantitative estimate of drug-likeness (QED) is 0.557. The number of methoxy groups -OCH3 is 1. The van der Waals surface area contributed by atoms with Crippen molar-refractivity contribution < 1.29 is 14.3 Å². The van der Waals surface area contributed by atoms with Crippen LogP contribution in [0.5, 0.6) is 0 Å². The average molecular weight is 254 g/mol. The monoisotopic (exact) mass is 254 g/mol. The summed E-state index contributed by atoms with van der Waals surface area (Å²) in [6.45, 7) is 0.643. The Morgan fingerprint density at radius 1 is 1.11 bits per heavy atom. The van der Waals surface area contributed by atoms with Gasteiger partial charge in [-0.25, -0.2) is 0 Å². The third-order valence-electron chi connectivity index (χ3n) is 4.52. The highest BCUT2D eigenvalue weighted by atomic mass is 16.5. The summed E-state index contributed by atoms with van der Waals surface area (Å²) >= 11 is 0. The maximum Gasteiger partial charge on any atom is 0.306 e. The first-order chi connectivity index (χ1) is 8.79. The van der Waals surface area contributed by atoms with Gasteiger partial charge in [-0.1, -0.05) is 25.7 Å². The Kier molecular flexibility index (Phi) is 5.48. The maximum atomic E-state index is 11.7. The molecule has 0 heterocycles. The molecule has 0 aliphatic heterocycles. The topological polar surface area (TPSA) is 35.5 Å². The summed E-state index contributed by atoms with van der Waals surface area (Å²) in [7, 11) is 1.66. The Labute approximate surface area is 110 Å². The molecule has 2 saturated carbocycles. The molecule has 0 aromatic carbocycles. The standard InChI is InChI=1S/C15H26O3/c1-17-10-4-7-15(16)18-14-9-8-12-5-2-3-6-13(12)11-14/h12-14H,2-11H2,1H3. The zero-order valence-electron chi connectivity index (χ0n) is 11.5. The molecule has 3 nitrogen and oxygen atoms in total. The molecule has 0 amide bonds. The molecule has 2 aliphatic carbocycles. The molecule has 0 radical (unpaired) electrons. The number of fused-ring (bicyclic) bond motifs is 1. The number of rotatable bonds is 5. The fourth-order valence-corrected chi connectivity index (χ4v) is 3.54. The second-order valence-electron chi connectivity index (χ2n) is 5.83. The predicted octanol–water partition coefficient (Wildman–Crippen LogP) is 3.32. The molecule has 0 aromatic heterocycles. The van der Waals surface area contributed by atoms with Crippen LogP contribution in [0.2, 0.25) is 0 Å². The van der Waals surface area contributed by atoms with Gasteiger partial charge in [-0.3, -0.25) is 4.79 Å². The first-order valence-corrected chi connectivity index (χ1v) is 7.48. The van der Waals surface area contributed by atoms with Gasteiger partial charge >= 0.3 is 5.97 Å². The van der Waals surface area contributed by atoms with Gasteiger partial charge in [0, 0.05) is 20.1 Å². The van der Waals surface area contributed by atoms with Gasteiger partial charge < -0.3 is 9.47 Å². The molecule has 0 saturated heterocycles. The number of carbonyl (C=O) groups excluding carboxylic acids is 1. The number of carbonyl (C=O) groups is 1. The van der Waals surface area contributed by atoms with Crippen molar-refractivity contribution in [2.75, 3.05) is 13.7 Å². The van der Waals surface area contributed by atoms with Crippen LogP contribution in [0.1, 0.15) is 57.8 Å². The lowest BCUT2D eigenvalue weighted by Crippen LogP contribution is -2.33. The normalized spacial score (nSPS) is 31.7. The van der Waals surface area contributed by atoms with Crippen molar-refractivity contribution >= 4 is 5.97 Å². The van der Waals surface area contributed by atoms with Crippen LogP contribution in [0.15, 0.2) is 0 Å². The molecule has 0 spiro atoms. The predicted molar refractivity (Wildman–Crippen MR) is 70.3 cm³/mol. The molecule has 0 N–H and O–H groups in total. The summed E-state index contributed by atoms with van der Waals surface area (Å²) in [6.07, 6.45) is 10.4. The molecule has 2 fully saturated rings. The van der Waals surface area contributed by atoms with Crippen LogP contribution in [0.25, 0.3) is 0 Å². The highest BCUT2D eigenvalue weighted by Gasteiger charge is 2.33. The van der Waals surface area contributed by atoms with Gasteiger partial charge in [-0.2, -0.15) is 0 Å². The van der Waals surface area contributed by atoms with Crippen molar-refractivity contribution in [1.82, 2.24) is 0 Å².